The van der Waals surface area contributed by atoms with Crippen molar-refractivity contribution in [3.05, 3.63) is 81.5 Å². The normalized spacial score (nSPS) is 10.7. The fraction of sp³-hybridized carbons (Fsp3) is 0.0952. The summed E-state index contributed by atoms with van der Waals surface area (Å²) >= 11 is 1.59. The van der Waals surface area contributed by atoms with E-state index in [0.29, 0.717) is 6.54 Å². The first kappa shape index (κ1) is 19.5. The maximum atomic E-state index is 11.2. The highest BCUT2D eigenvalue weighted by atomic mass is 32.1. The molecule has 0 saturated carbocycles. The summed E-state index contributed by atoms with van der Waals surface area (Å²) in [6.07, 6.45) is 1.20. The number of nitro groups is 1. The number of aromatic nitrogens is 3. The van der Waals surface area contributed by atoms with Crippen LogP contribution in [-0.2, 0) is 6.54 Å². The van der Waals surface area contributed by atoms with Crippen LogP contribution in [0.4, 0.5) is 17.3 Å². The molecule has 8 nitrogen and oxygen atoms in total. The molecule has 0 fully saturated rings. The average molecular weight is 418 g/mol. The molecule has 0 spiro atoms. The van der Waals surface area contributed by atoms with Crippen molar-refractivity contribution in [1.82, 2.24) is 15.0 Å². The van der Waals surface area contributed by atoms with Gasteiger partial charge in [-0.3, -0.25) is 10.1 Å². The largest absolute Gasteiger partial charge is 0.378 e. The van der Waals surface area contributed by atoms with Crippen LogP contribution in [0, 0.1) is 17.0 Å². The number of hydrogen-bond donors (Lipinski definition) is 2. The molecule has 0 radical (unpaired) electrons. The van der Waals surface area contributed by atoms with Gasteiger partial charge in [0.1, 0.15) is 11.3 Å². The van der Waals surface area contributed by atoms with Gasteiger partial charge in [-0.2, -0.15) is 0 Å². The van der Waals surface area contributed by atoms with Crippen molar-refractivity contribution >= 4 is 28.7 Å². The molecule has 0 aliphatic carbocycles. The Morgan fingerprint density at radius 1 is 1.07 bits per heavy atom. The zero-order valence-corrected chi connectivity index (χ0v) is 16.9. The number of rotatable bonds is 6. The van der Waals surface area contributed by atoms with E-state index >= 15 is 0 Å². The second-order valence-electron chi connectivity index (χ2n) is 6.67. The second kappa shape index (κ2) is 8.26. The Morgan fingerprint density at radius 2 is 1.77 bits per heavy atom. The van der Waals surface area contributed by atoms with Gasteiger partial charge < -0.3 is 11.1 Å². The van der Waals surface area contributed by atoms with Crippen LogP contribution in [0.25, 0.3) is 21.8 Å². The van der Waals surface area contributed by atoms with E-state index < -0.39 is 4.92 Å². The van der Waals surface area contributed by atoms with Crippen molar-refractivity contribution in [2.45, 2.75) is 13.5 Å². The standard InChI is InChI=1S/C21H18N6O2S/c1-13-2-6-15(7-3-13)17-11-30-21(26-17)16-8-4-14(5-9-16)10-23-20-18(27(28)29)19(22)24-12-25-20/h2-9,11-12H,10H2,1H3,(H3,22,23,24,25). The van der Waals surface area contributed by atoms with E-state index in [4.69, 9.17) is 10.7 Å². The van der Waals surface area contributed by atoms with Gasteiger partial charge in [0.15, 0.2) is 0 Å². The zero-order valence-electron chi connectivity index (χ0n) is 16.1. The molecule has 0 aliphatic heterocycles. The molecule has 0 unspecified atom stereocenters. The maximum absolute atomic E-state index is 11.2. The first-order valence-corrected chi connectivity index (χ1v) is 10.00. The summed E-state index contributed by atoms with van der Waals surface area (Å²) in [7, 11) is 0. The summed E-state index contributed by atoms with van der Waals surface area (Å²) in [6.45, 7) is 2.43. The van der Waals surface area contributed by atoms with Gasteiger partial charge in [-0.05, 0) is 12.5 Å². The Kier molecular flexibility index (Phi) is 5.36. The number of nitrogens with one attached hydrogen (secondary N) is 1. The number of benzene rings is 2. The van der Waals surface area contributed by atoms with Crippen LogP contribution in [0.2, 0.25) is 0 Å². The number of nitrogens with zero attached hydrogens (tertiary/aromatic N) is 4. The number of thiazole rings is 1. The monoisotopic (exact) mass is 418 g/mol. The summed E-state index contributed by atoms with van der Waals surface area (Å²) in [5, 5.41) is 17.1. The third-order valence-electron chi connectivity index (χ3n) is 4.55. The molecule has 2 aromatic carbocycles. The Balaban J connectivity index is 1.47. The number of anilines is 2. The van der Waals surface area contributed by atoms with E-state index in [1.165, 1.54) is 11.9 Å². The summed E-state index contributed by atoms with van der Waals surface area (Å²) < 4.78 is 0. The lowest BCUT2D eigenvalue weighted by Crippen LogP contribution is -2.08. The lowest BCUT2D eigenvalue weighted by molar-refractivity contribution is -0.383. The third kappa shape index (κ3) is 4.11. The predicted molar refractivity (Wildman–Crippen MR) is 118 cm³/mol. The molecular weight excluding hydrogens is 400 g/mol. The van der Waals surface area contributed by atoms with Crippen molar-refractivity contribution in [2.75, 3.05) is 11.1 Å². The number of nitrogens with two attached hydrogens (primary N) is 1. The molecule has 2 heterocycles. The molecule has 0 saturated heterocycles. The minimum absolute atomic E-state index is 0.0965. The first-order chi connectivity index (χ1) is 14.5. The molecule has 30 heavy (non-hydrogen) atoms. The minimum atomic E-state index is -0.588. The molecule has 2 aromatic heterocycles. The van der Waals surface area contributed by atoms with E-state index in [2.05, 4.69) is 46.5 Å². The van der Waals surface area contributed by atoms with Gasteiger partial charge in [-0.1, -0.05) is 54.1 Å². The van der Waals surface area contributed by atoms with Crippen LogP contribution >= 0.6 is 11.3 Å². The first-order valence-electron chi connectivity index (χ1n) is 9.12. The van der Waals surface area contributed by atoms with E-state index in [-0.39, 0.29) is 17.3 Å². The zero-order chi connectivity index (χ0) is 21.1. The number of hydrogen-bond acceptors (Lipinski definition) is 8. The van der Waals surface area contributed by atoms with Crippen LogP contribution in [0.3, 0.4) is 0 Å². The topological polar surface area (TPSA) is 120 Å². The van der Waals surface area contributed by atoms with Crippen molar-refractivity contribution in [3.8, 4) is 21.8 Å². The average Bonchev–Trinajstić information content (AvgIpc) is 3.23. The Bertz CT molecular complexity index is 1190. The van der Waals surface area contributed by atoms with Gasteiger partial charge in [0, 0.05) is 23.1 Å². The molecule has 0 amide bonds. The molecule has 9 heteroatoms. The van der Waals surface area contributed by atoms with Gasteiger partial charge in [0.25, 0.3) is 0 Å². The fourth-order valence-electron chi connectivity index (χ4n) is 2.92. The second-order valence-corrected chi connectivity index (χ2v) is 7.53. The van der Waals surface area contributed by atoms with Crippen LogP contribution in [-0.4, -0.2) is 19.9 Å². The lowest BCUT2D eigenvalue weighted by atomic mass is 10.1. The van der Waals surface area contributed by atoms with Gasteiger partial charge in [0.05, 0.1) is 10.6 Å². The quantitative estimate of drug-likeness (QED) is 0.344. The summed E-state index contributed by atoms with van der Waals surface area (Å²) in [5.74, 6) is -0.0692. The number of aryl methyl sites for hydroxylation is 1. The molecule has 0 bridgehead atoms. The van der Waals surface area contributed by atoms with Crippen LogP contribution in [0.5, 0.6) is 0 Å². The van der Waals surface area contributed by atoms with Crippen molar-refractivity contribution in [2.24, 2.45) is 0 Å². The third-order valence-corrected chi connectivity index (χ3v) is 5.44. The molecule has 0 aliphatic rings. The van der Waals surface area contributed by atoms with Crippen molar-refractivity contribution in [3.63, 3.8) is 0 Å². The Labute approximate surface area is 176 Å². The van der Waals surface area contributed by atoms with Crippen molar-refractivity contribution < 1.29 is 4.92 Å². The maximum Gasteiger partial charge on any atom is 0.352 e. The predicted octanol–water partition coefficient (Wildman–Crippen LogP) is 4.68. The lowest BCUT2D eigenvalue weighted by Gasteiger charge is -2.07. The highest BCUT2D eigenvalue weighted by Gasteiger charge is 2.20. The molecule has 150 valence electrons. The van der Waals surface area contributed by atoms with Crippen LogP contribution in [0.15, 0.2) is 60.2 Å². The van der Waals surface area contributed by atoms with E-state index in [0.717, 1.165) is 27.4 Å². The smallest absolute Gasteiger partial charge is 0.352 e. The molecule has 4 rings (SSSR count). The van der Waals surface area contributed by atoms with Gasteiger partial charge in [-0.15, -0.1) is 11.3 Å². The van der Waals surface area contributed by atoms with Crippen LogP contribution < -0.4 is 11.1 Å². The van der Waals surface area contributed by atoms with E-state index in [9.17, 15) is 10.1 Å². The molecule has 3 N–H and O–H groups in total. The van der Waals surface area contributed by atoms with Gasteiger partial charge in [0.2, 0.25) is 11.6 Å². The van der Waals surface area contributed by atoms with E-state index in [1.807, 2.05) is 29.6 Å². The minimum Gasteiger partial charge on any atom is -0.378 e. The van der Waals surface area contributed by atoms with E-state index in [1.54, 1.807) is 11.3 Å². The fourth-order valence-corrected chi connectivity index (χ4v) is 3.75. The van der Waals surface area contributed by atoms with Gasteiger partial charge in [-0.25, -0.2) is 15.0 Å². The molecule has 0 atom stereocenters. The van der Waals surface area contributed by atoms with Gasteiger partial charge >= 0.3 is 5.69 Å². The molecular formula is C21H18N6O2S. The van der Waals surface area contributed by atoms with Crippen LogP contribution in [0.1, 0.15) is 11.1 Å². The summed E-state index contributed by atoms with van der Waals surface area (Å²) in [6, 6.07) is 16.2. The van der Waals surface area contributed by atoms with Crippen molar-refractivity contribution in [1.29, 1.82) is 0 Å². The summed E-state index contributed by atoms with van der Waals surface area (Å²) in [5.41, 5.74) is 10.5. The molecule has 4 aromatic rings. The SMILES string of the molecule is Cc1ccc(-c2csc(-c3ccc(CNc4ncnc(N)c4[N+](=O)[O-])cc3)n2)cc1. The highest BCUT2D eigenvalue weighted by molar-refractivity contribution is 7.13. The highest BCUT2D eigenvalue weighted by Crippen LogP contribution is 2.30. The Hall–Kier alpha value is -3.85. The Morgan fingerprint density at radius 3 is 2.47 bits per heavy atom. The number of nitrogen functional groups attached to an aromatic ring is 1. The summed E-state index contributed by atoms with van der Waals surface area (Å²) in [4.78, 5) is 22.9.